The van der Waals surface area contributed by atoms with E-state index in [1.165, 1.54) is 17.0 Å². The number of anilines is 1. The Morgan fingerprint density at radius 2 is 1.60 bits per heavy atom. The number of benzene rings is 3. The van der Waals surface area contributed by atoms with Gasteiger partial charge in [-0.1, -0.05) is 18.2 Å². The van der Waals surface area contributed by atoms with Gasteiger partial charge in [-0.2, -0.15) is 0 Å². The summed E-state index contributed by atoms with van der Waals surface area (Å²) in [5.41, 5.74) is 4.10. The van der Waals surface area contributed by atoms with Crippen molar-refractivity contribution in [3.05, 3.63) is 99.2 Å². The number of para-hydroxylation sites is 1. The van der Waals surface area contributed by atoms with Crippen LogP contribution in [0, 0.1) is 17.0 Å². The van der Waals surface area contributed by atoms with E-state index in [1.54, 1.807) is 12.1 Å². The van der Waals surface area contributed by atoms with E-state index in [9.17, 15) is 32.8 Å². The number of carbonyl (C=O) groups is 5. The van der Waals surface area contributed by atoms with Crippen LogP contribution in [0.15, 0.2) is 48.5 Å². The van der Waals surface area contributed by atoms with Gasteiger partial charge in [0.05, 0.1) is 30.3 Å². The van der Waals surface area contributed by atoms with E-state index in [1.807, 2.05) is 45.9 Å². The number of nitrogens with one attached hydrogen (secondary N) is 2. The molecule has 312 valence electrons. The third kappa shape index (κ3) is 6.28. The molecule has 1 aromatic heterocycles. The highest BCUT2D eigenvalue weighted by atomic mass is 19.3. The quantitative estimate of drug-likeness (QED) is 0.199. The van der Waals surface area contributed by atoms with Gasteiger partial charge in [-0.15, -0.1) is 0 Å². The molecular formula is C44H43F4N7O5. The molecule has 4 atom stereocenters. The smallest absolute Gasteiger partial charge is 0.262 e. The van der Waals surface area contributed by atoms with Crippen molar-refractivity contribution in [3.8, 4) is 0 Å². The second-order valence-electron chi connectivity index (χ2n) is 17.4. The van der Waals surface area contributed by atoms with Crippen molar-refractivity contribution < 1.29 is 41.5 Å². The van der Waals surface area contributed by atoms with Crippen molar-refractivity contribution in [1.82, 2.24) is 29.9 Å². The highest BCUT2D eigenvalue weighted by Gasteiger charge is 2.48. The standard InChI is InChI=1S/C44H43F4N7O5/c1-23-12-28-27-4-2-3-5-33(27)49-39(28)40(54(23)19-35(47)48)38-31(45)15-26(16-32(38)46)52-10-8-44(21-52)9-11-53(22-44)37(57)20-51-17-24-13-29-30(14-25(24)18-51)43(60)55(42(29)59)34-6-7-36(56)50-41(34)58/h2-5,13-16,23,34-35,40,49H,6-12,17-22H2,1H3,(H,50,56,58)/t23-,34?,40-,44?/m1/s1. The number of piperidine rings is 1. The SMILES string of the molecule is C[C@@H]1Cc2c([nH]c3ccccc23)[C@@H](c2c(F)cc(N3CCC4(CCN(C(=O)CN5Cc6cc7c(cc6C5)C(=O)N(C5CCC(=O)NC5=O)C7=O)C4)C3)cc2F)N1CC(F)F. The van der Waals surface area contributed by atoms with Crippen molar-refractivity contribution in [2.45, 2.75) is 76.7 Å². The number of rotatable bonds is 7. The normalized spacial score (nSPS) is 25.6. The molecule has 7 heterocycles. The number of fused-ring (bicyclic) bond motifs is 5. The molecule has 0 saturated carbocycles. The fraction of sp³-hybridized carbons (Fsp3) is 0.432. The first kappa shape index (κ1) is 38.6. The molecule has 10 rings (SSSR count). The molecule has 0 bridgehead atoms. The molecule has 0 radical (unpaired) electrons. The zero-order valence-corrected chi connectivity index (χ0v) is 32.9. The Morgan fingerprint density at radius 1 is 0.917 bits per heavy atom. The maximum atomic E-state index is 16.4. The zero-order chi connectivity index (χ0) is 41.8. The molecular weight excluding hydrogens is 783 g/mol. The molecule has 4 aromatic rings. The zero-order valence-electron chi connectivity index (χ0n) is 32.9. The predicted octanol–water partition coefficient (Wildman–Crippen LogP) is 4.89. The third-order valence-electron chi connectivity index (χ3n) is 13.7. The topological polar surface area (TPSA) is 129 Å². The van der Waals surface area contributed by atoms with E-state index >= 15 is 8.78 Å². The van der Waals surface area contributed by atoms with Crippen LogP contribution >= 0.6 is 0 Å². The maximum absolute atomic E-state index is 16.4. The Kier molecular flexibility index (Phi) is 9.17. The van der Waals surface area contributed by atoms with Crippen LogP contribution in [0.1, 0.15) is 87.3 Å². The number of aromatic amines is 1. The summed E-state index contributed by atoms with van der Waals surface area (Å²) in [6, 6.07) is 11.0. The first-order chi connectivity index (χ1) is 28.8. The molecule has 0 aliphatic carbocycles. The molecule has 1 spiro atoms. The van der Waals surface area contributed by atoms with Crippen LogP contribution in [0.4, 0.5) is 23.2 Å². The summed E-state index contributed by atoms with van der Waals surface area (Å²) in [6.45, 7) is 4.17. The molecule has 6 aliphatic heterocycles. The molecule has 5 amide bonds. The lowest BCUT2D eigenvalue weighted by Crippen LogP contribution is -2.54. The molecule has 6 aliphatic rings. The monoisotopic (exact) mass is 825 g/mol. The van der Waals surface area contributed by atoms with Crippen molar-refractivity contribution >= 4 is 46.1 Å². The summed E-state index contributed by atoms with van der Waals surface area (Å²) < 4.78 is 60.6. The van der Waals surface area contributed by atoms with Gasteiger partial charge in [0.15, 0.2) is 0 Å². The second kappa shape index (κ2) is 14.3. The third-order valence-corrected chi connectivity index (χ3v) is 13.7. The van der Waals surface area contributed by atoms with Crippen molar-refractivity contribution in [3.63, 3.8) is 0 Å². The number of imide groups is 2. The van der Waals surface area contributed by atoms with E-state index in [0.29, 0.717) is 57.1 Å². The number of nitrogens with zero attached hydrogens (tertiary/aromatic N) is 5. The van der Waals surface area contributed by atoms with E-state index in [4.69, 9.17) is 0 Å². The van der Waals surface area contributed by atoms with Gasteiger partial charge in [-0.25, -0.2) is 17.6 Å². The summed E-state index contributed by atoms with van der Waals surface area (Å²) in [7, 11) is 0. The molecule has 60 heavy (non-hydrogen) atoms. The fourth-order valence-corrected chi connectivity index (χ4v) is 10.8. The van der Waals surface area contributed by atoms with E-state index < -0.39 is 66.4 Å². The van der Waals surface area contributed by atoms with Gasteiger partial charge in [0.25, 0.3) is 18.2 Å². The van der Waals surface area contributed by atoms with E-state index in [2.05, 4.69) is 10.3 Å². The van der Waals surface area contributed by atoms with Crippen molar-refractivity contribution in [1.29, 1.82) is 0 Å². The first-order valence-electron chi connectivity index (χ1n) is 20.5. The first-order valence-corrected chi connectivity index (χ1v) is 20.5. The maximum Gasteiger partial charge on any atom is 0.262 e. The largest absolute Gasteiger partial charge is 0.371 e. The molecule has 12 nitrogen and oxygen atoms in total. The predicted molar refractivity (Wildman–Crippen MR) is 210 cm³/mol. The van der Waals surface area contributed by atoms with E-state index in [0.717, 1.165) is 45.3 Å². The van der Waals surface area contributed by atoms with Crippen molar-refractivity contribution in [2.75, 3.05) is 44.2 Å². The average molecular weight is 826 g/mol. The molecule has 2 N–H and O–H groups in total. The minimum Gasteiger partial charge on any atom is -0.371 e. The molecule has 3 saturated heterocycles. The van der Waals surface area contributed by atoms with Gasteiger partial charge in [0.2, 0.25) is 17.7 Å². The van der Waals surface area contributed by atoms with Gasteiger partial charge in [-0.3, -0.25) is 44.0 Å². The average Bonchev–Trinajstić information content (AvgIpc) is 4.03. The Labute approximate surface area is 342 Å². The summed E-state index contributed by atoms with van der Waals surface area (Å²) in [5.74, 6) is -3.91. The highest BCUT2D eigenvalue weighted by Crippen LogP contribution is 2.46. The summed E-state index contributed by atoms with van der Waals surface area (Å²) in [4.78, 5) is 76.0. The molecule has 3 aromatic carbocycles. The van der Waals surface area contributed by atoms with Crippen LogP contribution in [0.5, 0.6) is 0 Å². The lowest BCUT2D eigenvalue weighted by atomic mass is 9.86. The van der Waals surface area contributed by atoms with Gasteiger partial charge in [0.1, 0.15) is 17.7 Å². The minimum absolute atomic E-state index is 0.0371. The van der Waals surface area contributed by atoms with E-state index in [-0.39, 0.29) is 47.4 Å². The van der Waals surface area contributed by atoms with Crippen LogP contribution in [0.3, 0.4) is 0 Å². The number of hydrogen-bond acceptors (Lipinski definition) is 8. The minimum atomic E-state index is -2.70. The van der Waals surface area contributed by atoms with Gasteiger partial charge in [0, 0.05) is 85.0 Å². The number of alkyl halides is 2. The summed E-state index contributed by atoms with van der Waals surface area (Å²) in [6.07, 6.45) is -0.670. The van der Waals surface area contributed by atoms with Crippen molar-refractivity contribution in [2.24, 2.45) is 5.41 Å². The second-order valence-corrected chi connectivity index (χ2v) is 17.4. The molecule has 16 heteroatoms. The number of halogens is 4. The number of H-pyrrole nitrogens is 1. The molecule has 2 unspecified atom stereocenters. The van der Waals surface area contributed by atoms with Crippen LogP contribution in [0.25, 0.3) is 10.9 Å². The summed E-state index contributed by atoms with van der Waals surface area (Å²) >= 11 is 0. The van der Waals surface area contributed by atoms with Crippen LogP contribution in [0.2, 0.25) is 0 Å². The Hall–Kier alpha value is -5.61. The highest BCUT2D eigenvalue weighted by molar-refractivity contribution is 6.23. The lowest BCUT2D eigenvalue weighted by molar-refractivity contribution is -0.136. The van der Waals surface area contributed by atoms with Gasteiger partial charge in [-0.05, 0) is 79.6 Å². The van der Waals surface area contributed by atoms with Crippen LogP contribution in [-0.2, 0) is 33.9 Å². The number of aromatic nitrogens is 1. The Morgan fingerprint density at radius 3 is 2.28 bits per heavy atom. The Balaban J connectivity index is 0.804. The number of amides is 5. The fourth-order valence-electron chi connectivity index (χ4n) is 10.8. The number of likely N-dealkylation sites (tertiary alicyclic amines) is 1. The van der Waals surface area contributed by atoms with Crippen LogP contribution in [-0.4, -0.2) is 112 Å². The van der Waals surface area contributed by atoms with Crippen LogP contribution < -0.4 is 10.2 Å². The van der Waals surface area contributed by atoms with Gasteiger partial charge >= 0.3 is 0 Å². The molecule has 3 fully saturated rings. The van der Waals surface area contributed by atoms with Gasteiger partial charge < -0.3 is 14.8 Å². The Bertz CT molecular complexity index is 2460. The lowest BCUT2D eigenvalue weighted by Gasteiger charge is -2.41. The number of carbonyl (C=O) groups excluding carboxylic acids is 5. The summed E-state index contributed by atoms with van der Waals surface area (Å²) in [5, 5.41) is 3.12. The number of hydrogen-bond donors (Lipinski definition) is 2.